The Labute approximate surface area is 131 Å². The second kappa shape index (κ2) is 8.41. The van der Waals surface area contributed by atoms with Crippen molar-refractivity contribution in [1.29, 1.82) is 0 Å². The summed E-state index contributed by atoms with van der Waals surface area (Å²) in [5, 5.41) is 19.3. The second-order valence-electron chi connectivity index (χ2n) is 5.14. The molecule has 0 spiro atoms. The van der Waals surface area contributed by atoms with E-state index in [1.54, 1.807) is 12.1 Å². The van der Waals surface area contributed by atoms with E-state index >= 15 is 0 Å². The highest BCUT2D eigenvalue weighted by atomic mass is 16.5. The number of rotatable bonds is 8. The summed E-state index contributed by atoms with van der Waals surface area (Å²) in [5.41, 5.74) is 1.98. The van der Waals surface area contributed by atoms with E-state index in [1.807, 2.05) is 31.2 Å². The summed E-state index contributed by atoms with van der Waals surface area (Å²) in [6.07, 6.45) is 0. The zero-order valence-electron chi connectivity index (χ0n) is 12.9. The number of aromatic hydroxyl groups is 1. The molecular formula is C18H23NO3. The van der Waals surface area contributed by atoms with Crippen LogP contribution >= 0.6 is 0 Å². The topological polar surface area (TPSA) is 52.9 Å². The molecule has 0 fully saturated rings. The summed E-state index contributed by atoms with van der Waals surface area (Å²) in [6, 6.07) is 15.4. The molecule has 22 heavy (non-hydrogen) atoms. The lowest BCUT2D eigenvalue weighted by atomic mass is 10.1. The smallest absolute Gasteiger partial charge is 0.120 e. The lowest BCUT2D eigenvalue weighted by Gasteiger charge is -2.22. The van der Waals surface area contributed by atoms with Crippen molar-refractivity contribution in [3.8, 4) is 11.5 Å². The van der Waals surface area contributed by atoms with Gasteiger partial charge in [0, 0.05) is 25.2 Å². The molecule has 0 amide bonds. The fraction of sp³-hybridized carbons (Fsp3) is 0.333. The first-order chi connectivity index (χ1) is 10.7. The summed E-state index contributed by atoms with van der Waals surface area (Å²) < 4.78 is 5.48. The van der Waals surface area contributed by atoms with Crippen LogP contribution in [0.25, 0.3) is 0 Å². The van der Waals surface area contributed by atoms with Gasteiger partial charge in [-0.3, -0.25) is 4.90 Å². The fourth-order valence-electron chi connectivity index (χ4n) is 2.38. The quantitative estimate of drug-likeness (QED) is 0.787. The first kappa shape index (κ1) is 16.3. The zero-order chi connectivity index (χ0) is 15.8. The number of nitrogens with zero attached hydrogens (tertiary/aromatic N) is 1. The Hall–Kier alpha value is -2.04. The summed E-state index contributed by atoms with van der Waals surface area (Å²) in [7, 11) is 0. The van der Waals surface area contributed by atoms with Crippen LogP contribution in [0.5, 0.6) is 11.5 Å². The number of phenolic OH excluding ortho intramolecular Hbond substituents is 1. The molecule has 0 aliphatic heterocycles. The molecule has 118 valence electrons. The number of aliphatic hydroxyl groups is 1. The first-order valence-electron chi connectivity index (χ1n) is 7.54. The summed E-state index contributed by atoms with van der Waals surface area (Å²) in [4.78, 5) is 2.10. The van der Waals surface area contributed by atoms with Gasteiger partial charge in [-0.05, 0) is 30.7 Å². The van der Waals surface area contributed by atoms with Gasteiger partial charge in [0.25, 0.3) is 0 Å². The molecule has 0 saturated heterocycles. The average Bonchev–Trinajstić information content (AvgIpc) is 2.52. The van der Waals surface area contributed by atoms with Gasteiger partial charge in [0.15, 0.2) is 0 Å². The van der Waals surface area contributed by atoms with E-state index < -0.39 is 0 Å². The van der Waals surface area contributed by atoms with E-state index in [0.717, 1.165) is 17.9 Å². The van der Waals surface area contributed by atoms with Gasteiger partial charge in [0.2, 0.25) is 0 Å². The molecule has 2 N–H and O–H groups in total. The molecule has 0 aliphatic rings. The maximum atomic E-state index is 10.0. The molecule has 2 aromatic carbocycles. The third kappa shape index (κ3) is 4.76. The van der Waals surface area contributed by atoms with Crippen LogP contribution in [0.2, 0.25) is 0 Å². The molecule has 4 nitrogen and oxygen atoms in total. The van der Waals surface area contributed by atoms with Crippen molar-refractivity contribution in [3.05, 3.63) is 59.7 Å². The van der Waals surface area contributed by atoms with Gasteiger partial charge < -0.3 is 14.9 Å². The van der Waals surface area contributed by atoms with Gasteiger partial charge in [-0.1, -0.05) is 30.3 Å². The third-order valence-electron chi connectivity index (χ3n) is 3.42. The van der Waals surface area contributed by atoms with Crippen molar-refractivity contribution < 1.29 is 14.9 Å². The highest BCUT2D eigenvalue weighted by Crippen LogP contribution is 2.25. The molecule has 0 aromatic heterocycles. The minimum Gasteiger partial charge on any atom is -0.508 e. The highest BCUT2D eigenvalue weighted by Gasteiger charge is 2.11. The van der Waals surface area contributed by atoms with Crippen LogP contribution in [0.1, 0.15) is 18.1 Å². The molecule has 2 rings (SSSR count). The van der Waals surface area contributed by atoms with Gasteiger partial charge in [-0.15, -0.1) is 0 Å². The summed E-state index contributed by atoms with van der Waals surface area (Å²) in [5.74, 6) is 0.999. The molecule has 0 aliphatic carbocycles. The zero-order valence-corrected chi connectivity index (χ0v) is 12.9. The van der Waals surface area contributed by atoms with E-state index in [9.17, 15) is 10.2 Å². The second-order valence-corrected chi connectivity index (χ2v) is 5.14. The molecule has 0 bridgehead atoms. The Balaban J connectivity index is 2.11. The Morgan fingerprint density at radius 3 is 2.50 bits per heavy atom. The van der Waals surface area contributed by atoms with Crippen molar-refractivity contribution in [2.45, 2.75) is 20.0 Å². The molecule has 0 heterocycles. The van der Waals surface area contributed by atoms with Crippen molar-refractivity contribution in [1.82, 2.24) is 4.90 Å². The maximum Gasteiger partial charge on any atom is 0.120 e. The van der Waals surface area contributed by atoms with Crippen LogP contribution in [0.15, 0.2) is 48.5 Å². The van der Waals surface area contributed by atoms with Crippen LogP contribution in [0.4, 0.5) is 0 Å². The molecule has 4 heteroatoms. The Morgan fingerprint density at radius 1 is 1.05 bits per heavy atom. The van der Waals surface area contributed by atoms with Gasteiger partial charge in [0.1, 0.15) is 11.5 Å². The minimum absolute atomic E-state index is 0.0821. The maximum absolute atomic E-state index is 10.0. The largest absolute Gasteiger partial charge is 0.508 e. The summed E-state index contributed by atoms with van der Waals surface area (Å²) >= 11 is 0. The van der Waals surface area contributed by atoms with Crippen LogP contribution in [-0.4, -0.2) is 34.9 Å². The Morgan fingerprint density at radius 2 is 1.82 bits per heavy atom. The SMILES string of the molecule is CCOc1ccc(O)c(CN(CCO)Cc2ccccc2)c1. The number of aliphatic hydroxyl groups excluding tert-OH is 1. The molecular weight excluding hydrogens is 278 g/mol. The van der Waals surface area contributed by atoms with Crippen LogP contribution in [-0.2, 0) is 13.1 Å². The number of hydrogen-bond acceptors (Lipinski definition) is 4. The van der Waals surface area contributed by atoms with E-state index in [2.05, 4.69) is 17.0 Å². The van der Waals surface area contributed by atoms with Crippen molar-refractivity contribution in [3.63, 3.8) is 0 Å². The monoisotopic (exact) mass is 301 g/mol. The van der Waals surface area contributed by atoms with E-state index in [-0.39, 0.29) is 12.4 Å². The standard InChI is InChI=1S/C18H23NO3/c1-2-22-17-8-9-18(21)16(12-17)14-19(10-11-20)13-15-6-4-3-5-7-15/h3-9,12,20-21H,2,10-11,13-14H2,1H3. The molecule has 0 atom stereocenters. The summed E-state index contributed by atoms with van der Waals surface area (Å²) in [6.45, 7) is 4.43. The lowest BCUT2D eigenvalue weighted by Crippen LogP contribution is -2.26. The van der Waals surface area contributed by atoms with Crippen LogP contribution in [0, 0.1) is 0 Å². The van der Waals surface area contributed by atoms with Crippen molar-refractivity contribution in [2.24, 2.45) is 0 Å². The normalized spacial score (nSPS) is 10.9. The van der Waals surface area contributed by atoms with Crippen LogP contribution in [0.3, 0.4) is 0 Å². The minimum atomic E-state index is 0.0821. The van der Waals surface area contributed by atoms with E-state index in [1.165, 1.54) is 5.56 Å². The fourth-order valence-corrected chi connectivity index (χ4v) is 2.38. The van der Waals surface area contributed by atoms with Gasteiger partial charge in [0.05, 0.1) is 13.2 Å². The number of benzene rings is 2. The van der Waals surface area contributed by atoms with Gasteiger partial charge >= 0.3 is 0 Å². The molecule has 2 aromatic rings. The first-order valence-corrected chi connectivity index (χ1v) is 7.54. The molecule has 0 saturated carbocycles. The average molecular weight is 301 g/mol. The Bertz CT molecular complexity index is 572. The number of phenols is 1. The van der Waals surface area contributed by atoms with Crippen molar-refractivity contribution >= 4 is 0 Å². The lowest BCUT2D eigenvalue weighted by molar-refractivity contribution is 0.183. The van der Waals surface area contributed by atoms with Crippen LogP contribution < -0.4 is 4.74 Å². The molecule has 0 unspecified atom stereocenters. The van der Waals surface area contributed by atoms with E-state index in [4.69, 9.17) is 4.74 Å². The predicted molar refractivity (Wildman–Crippen MR) is 86.9 cm³/mol. The highest BCUT2D eigenvalue weighted by molar-refractivity contribution is 5.39. The van der Waals surface area contributed by atoms with Crippen molar-refractivity contribution in [2.75, 3.05) is 19.8 Å². The van der Waals surface area contributed by atoms with E-state index in [0.29, 0.717) is 19.7 Å². The van der Waals surface area contributed by atoms with Gasteiger partial charge in [-0.2, -0.15) is 0 Å². The Kier molecular flexibility index (Phi) is 6.25. The molecule has 0 radical (unpaired) electrons. The third-order valence-corrected chi connectivity index (χ3v) is 3.42. The predicted octanol–water partition coefficient (Wildman–Crippen LogP) is 2.79. The van der Waals surface area contributed by atoms with Gasteiger partial charge in [-0.25, -0.2) is 0 Å². The number of hydrogen-bond donors (Lipinski definition) is 2. The number of ether oxygens (including phenoxy) is 1.